The summed E-state index contributed by atoms with van der Waals surface area (Å²) in [6.45, 7) is 2.27. The molecule has 6 rings (SSSR count). The summed E-state index contributed by atoms with van der Waals surface area (Å²) in [4.78, 5) is 18.4. The summed E-state index contributed by atoms with van der Waals surface area (Å²) >= 11 is 0. The van der Waals surface area contributed by atoms with Crippen LogP contribution in [-0.4, -0.2) is 25.1 Å². The molecule has 1 aromatic carbocycles. The normalized spacial score (nSPS) is 24.6. The van der Waals surface area contributed by atoms with Gasteiger partial charge in [-0.25, -0.2) is 15.0 Å². The van der Waals surface area contributed by atoms with Gasteiger partial charge in [-0.2, -0.15) is 0 Å². The van der Waals surface area contributed by atoms with Gasteiger partial charge >= 0.3 is 0 Å². The second kappa shape index (κ2) is 6.55. The molecule has 0 unspecified atom stereocenters. The smallest absolute Gasteiger partial charge is 0.180 e. The van der Waals surface area contributed by atoms with Crippen LogP contribution in [0.15, 0.2) is 65.8 Å². The summed E-state index contributed by atoms with van der Waals surface area (Å²) in [5, 5.41) is 4.13. The highest BCUT2D eigenvalue weighted by Crippen LogP contribution is 2.56. The zero-order chi connectivity index (χ0) is 20.1. The standard InChI is InChI=1S/C24H21N5O/c1-15-19-8-7-16-12-27-23(20-14-25-9-10-26-20)29-22(16)24(19,18-5-3-2-4-6-18)11-17-13-28-30-21(15)17/h2-6,9-10,12-15,19H,7-8,11H2,1H3/t15-,19-,24+/m0/s1. The second-order valence-corrected chi connectivity index (χ2v) is 8.32. The van der Waals surface area contributed by atoms with Crippen LogP contribution in [0.3, 0.4) is 0 Å². The lowest BCUT2D eigenvalue weighted by Gasteiger charge is -2.49. The van der Waals surface area contributed by atoms with Crippen molar-refractivity contribution < 1.29 is 4.52 Å². The molecular formula is C24H21N5O. The Morgan fingerprint density at radius 2 is 1.90 bits per heavy atom. The Morgan fingerprint density at radius 3 is 2.73 bits per heavy atom. The van der Waals surface area contributed by atoms with Gasteiger partial charge in [-0.1, -0.05) is 42.4 Å². The Balaban J connectivity index is 1.63. The first-order valence-electron chi connectivity index (χ1n) is 10.4. The minimum Gasteiger partial charge on any atom is -0.361 e. The molecule has 6 heteroatoms. The fraction of sp³-hybridized carbons (Fsp3) is 0.292. The fourth-order valence-electron chi connectivity index (χ4n) is 5.59. The molecule has 0 saturated carbocycles. The van der Waals surface area contributed by atoms with Crippen molar-refractivity contribution in [3.8, 4) is 11.5 Å². The number of aryl methyl sites for hydroxylation is 1. The summed E-state index contributed by atoms with van der Waals surface area (Å²) in [7, 11) is 0. The van der Waals surface area contributed by atoms with Crippen LogP contribution in [0.4, 0.5) is 0 Å². The average Bonchev–Trinajstić information content (AvgIpc) is 3.28. The molecule has 3 heterocycles. The summed E-state index contributed by atoms with van der Waals surface area (Å²) in [6, 6.07) is 10.8. The van der Waals surface area contributed by atoms with Gasteiger partial charge in [-0.3, -0.25) is 4.98 Å². The summed E-state index contributed by atoms with van der Waals surface area (Å²) in [5.41, 5.74) is 5.25. The molecular weight excluding hydrogens is 374 g/mol. The van der Waals surface area contributed by atoms with E-state index >= 15 is 0 Å². The van der Waals surface area contributed by atoms with Crippen LogP contribution in [0.25, 0.3) is 11.5 Å². The molecule has 0 spiro atoms. The van der Waals surface area contributed by atoms with E-state index in [9.17, 15) is 0 Å². The molecule has 0 fully saturated rings. The summed E-state index contributed by atoms with van der Waals surface area (Å²) in [5.74, 6) is 2.29. The maximum Gasteiger partial charge on any atom is 0.180 e. The number of aromatic nitrogens is 5. The van der Waals surface area contributed by atoms with E-state index in [-0.39, 0.29) is 11.3 Å². The minimum atomic E-state index is -0.243. The van der Waals surface area contributed by atoms with E-state index < -0.39 is 0 Å². The van der Waals surface area contributed by atoms with Crippen LogP contribution in [-0.2, 0) is 18.3 Å². The molecule has 2 aliphatic carbocycles. The molecule has 0 aliphatic heterocycles. The van der Waals surface area contributed by atoms with E-state index in [4.69, 9.17) is 9.51 Å². The van der Waals surface area contributed by atoms with E-state index in [2.05, 4.69) is 57.4 Å². The lowest BCUT2D eigenvalue weighted by molar-refractivity contribution is 0.189. The second-order valence-electron chi connectivity index (χ2n) is 8.32. The highest BCUT2D eigenvalue weighted by molar-refractivity contribution is 5.53. The molecule has 0 amide bonds. The highest BCUT2D eigenvalue weighted by atomic mass is 16.5. The fourth-order valence-corrected chi connectivity index (χ4v) is 5.59. The van der Waals surface area contributed by atoms with Crippen LogP contribution >= 0.6 is 0 Å². The zero-order valence-electron chi connectivity index (χ0n) is 16.7. The van der Waals surface area contributed by atoms with Crippen LogP contribution in [0, 0.1) is 5.92 Å². The number of nitrogens with zero attached hydrogens (tertiary/aromatic N) is 5. The van der Waals surface area contributed by atoms with Crippen LogP contribution in [0.1, 0.15) is 47.4 Å². The molecule has 6 nitrogen and oxygen atoms in total. The van der Waals surface area contributed by atoms with Gasteiger partial charge in [0.1, 0.15) is 11.5 Å². The maximum atomic E-state index is 5.68. The maximum absolute atomic E-state index is 5.68. The Labute approximate surface area is 174 Å². The lowest BCUT2D eigenvalue weighted by Crippen LogP contribution is -2.48. The van der Waals surface area contributed by atoms with Gasteiger partial charge in [0.05, 0.1) is 18.1 Å². The molecule has 0 radical (unpaired) electrons. The Morgan fingerprint density at radius 1 is 1.00 bits per heavy atom. The Kier molecular flexibility index (Phi) is 3.81. The van der Waals surface area contributed by atoms with Gasteiger partial charge in [0.15, 0.2) is 5.82 Å². The van der Waals surface area contributed by atoms with Gasteiger partial charge in [0, 0.05) is 35.5 Å². The molecule has 30 heavy (non-hydrogen) atoms. The molecule has 0 saturated heterocycles. The van der Waals surface area contributed by atoms with Crippen molar-refractivity contribution in [1.29, 1.82) is 0 Å². The van der Waals surface area contributed by atoms with Crippen molar-refractivity contribution in [2.75, 3.05) is 0 Å². The number of hydrogen-bond donors (Lipinski definition) is 0. The van der Waals surface area contributed by atoms with E-state index in [1.807, 2.05) is 12.4 Å². The van der Waals surface area contributed by atoms with Crippen LogP contribution in [0.5, 0.6) is 0 Å². The van der Waals surface area contributed by atoms with Crippen LogP contribution in [0.2, 0.25) is 0 Å². The first kappa shape index (κ1) is 17.4. The van der Waals surface area contributed by atoms with Crippen molar-refractivity contribution in [3.05, 3.63) is 89.5 Å². The number of benzene rings is 1. The van der Waals surface area contributed by atoms with Crippen molar-refractivity contribution >= 4 is 0 Å². The largest absolute Gasteiger partial charge is 0.361 e. The third-order valence-corrected chi connectivity index (χ3v) is 6.89. The van der Waals surface area contributed by atoms with Gasteiger partial charge in [0.2, 0.25) is 0 Å². The van der Waals surface area contributed by atoms with Crippen molar-refractivity contribution in [1.82, 2.24) is 25.1 Å². The molecule has 0 N–H and O–H groups in total. The topological polar surface area (TPSA) is 77.6 Å². The highest BCUT2D eigenvalue weighted by Gasteiger charge is 2.53. The van der Waals surface area contributed by atoms with Gasteiger partial charge in [-0.05, 0) is 36.3 Å². The van der Waals surface area contributed by atoms with Gasteiger partial charge in [-0.15, -0.1) is 0 Å². The third kappa shape index (κ3) is 2.39. The molecule has 2 aliphatic rings. The number of hydrogen-bond acceptors (Lipinski definition) is 6. The Bertz CT molecular complexity index is 1210. The monoisotopic (exact) mass is 395 g/mol. The predicted molar refractivity (Wildman–Crippen MR) is 111 cm³/mol. The van der Waals surface area contributed by atoms with Gasteiger partial charge in [0.25, 0.3) is 0 Å². The molecule has 3 aromatic heterocycles. The van der Waals surface area contributed by atoms with E-state index in [0.29, 0.717) is 17.4 Å². The van der Waals surface area contributed by atoms with Crippen molar-refractivity contribution in [2.24, 2.45) is 5.92 Å². The zero-order valence-corrected chi connectivity index (χ0v) is 16.7. The lowest BCUT2D eigenvalue weighted by atomic mass is 9.53. The predicted octanol–water partition coefficient (Wildman–Crippen LogP) is 4.13. The molecule has 3 atom stereocenters. The molecule has 4 aromatic rings. The minimum absolute atomic E-state index is 0.243. The quantitative estimate of drug-likeness (QED) is 0.508. The first-order chi connectivity index (χ1) is 14.8. The molecule has 0 bridgehead atoms. The van der Waals surface area contributed by atoms with E-state index in [1.165, 1.54) is 16.7 Å². The van der Waals surface area contributed by atoms with Crippen molar-refractivity contribution in [3.63, 3.8) is 0 Å². The van der Waals surface area contributed by atoms with Crippen LogP contribution < -0.4 is 0 Å². The van der Waals surface area contributed by atoms with E-state index in [1.54, 1.807) is 18.6 Å². The van der Waals surface area contributed by atoms with E-state index in [0.717, 1.165) is 30.7 Å². The summed E-state index contributed by atoms with van der Waals surface area (Å²) in [6.07, 6.45) is 11.8. The Hall–Kier alpha value is -3.41. The van der Waals surface area contributed by atoms with Crippen molar-refractivity contribution in [2.45, 2.75) is 37.5 Å². The third-order valence-electron chi connectivity index (χ3n) is 6.89. The average molecular weight is 395 g/mol. The molecule has 148 valence electrons. The first-order valence-corrected chi connectivity index (χ1v) is 10.4. The summed E-state index contributed by atoms with van der Waals surface area (Å²) < 4.78 is 5.68. The van der Waals surface area contributed by atoms with Gasteiger partial charge < -0.3 is 4.52 Å². The number of rotatable bonds is 2. The number of fused-ring (bicyclic) bond motifs is 4. The SMILES string of the molecule is C[C@@H]1c2oncc2C[C@]2(c3ccccc3)c3nc(-c4cnccn4)ncc3CC[C@@H]12.